The molecule has 0 radical (unpaired) electrons. The Labute approximate surface area is 147 Å². The van der Waals surface area contributed by atoms with Crippen LogP contribution in [0.15, 0.2) is 24.3 Å². The first kappa shape index (κ1) is 17.4. The Bertz CT molecular complexity index is 705. The Morgan fingerprint density at radius 3 is 2.72 bits per heavy atom. The fraction of sp³-hybridized carbons (Fsp3) is 0.500. The Morgan fingerprint density at radius 2 is 2.04 bits per heavy atom. The first-order valence-electron chi connectivity index (χ1n) is 8.79. The zero-order valence-corrected chi connectivity index (χ0v) is 14.8. The fourth-order valence-corrected chi connectivity index (χ4v) is 2.90. The number of carbonyl (C=O) groups is 1. The van der Waals surface area contributed by atoms with Crippen LogP contribution in [0.4, 0.5) is 5.95 Å². The summed E-state index contributed by atoms with van der Waals surface area (Å²) >= 11 is 0. The lowest BCUT2D eigenvalue weighted by Crippen LogP contribution is -2.27. The number of nitrogens with one attached hydrogen (secondary N) is 2. The highest BCUT2D eigenvalue weighted by Gasteiger charge is 2.21. The third-order valence-electron chi connectivity index (χ3n) is 4.44. The summed E-state index contributed by atoms with van der Waals surface area (Å²) in [4.78, 5) is 16.6. The van der Waals surface area contributed by atoms with Crippen LogP contribution in [0.1, 0.15) is 37.1 Å². The standard InChI is InChI=1S/C18H25N5O2/c1-3-13-4-6-15(7-5-13)25-12-16(24)20-18-21-17(22-23(18)2)14-8-10-19-11-9-14/h4-7,14,19H,3,8-12H2,1-2H3,(H,20,21,22,24). The van der Waals surface area contributed by atoms with Gasteiger partial charge in [0.1, 0.15) is 5.75 Å². The van der Waals surface area contributed by atoms with Crippen molar-refractivity contribution in [1.82, 2.24) is 20.1 Å². The van der Waals surface area contributed by atoms with Crippen molar-refractivity contribution in [2.24, 2.45) is 7.05 Å². The molecule has 7 heteroatoms. The van der Waals surface area contributed by atoms with Crippen LogP contribution in [0.2, 0.25) is 0 Å². The van der Waals surface area contributed by atoms with Crippen LogP contribution in [-0.2, 0) is 18.3 Å². The lowest BCUT2D eigenvalue weighted by Gasteiger charge is -2.19. The number of hydrogen-bond donors (Lipinski definition) is 2. The van der Waals surface area contributed by atoms with Gasteiger partial charge in [-0.05, 0) is 50.0 Å². The minimum absolute atomic E-state index is 0.0546. The van der Waals surface area contributed by atoms with Gasteiger partial charge in [-0.3, -0.25) is 10.1 Å². The second kappa shape index (κ2) is 8.11. The fourth-order valence-electron chi connectivity index (χ4n) is 2.90. The summed E-state index contributed by atoms with van der Waals surface area (Å²) in [6.07, 6.45) is 3.02. The highest BCUT2D eigenvalue weighted by atomic mass is 16.5. The molecule has 25 heavy (non-hydrogen) atoms. The number of ether oxygens (including phenoxy) is 1. The van der Waals surface area contributed by atoms with Crippen molar-refractivity contribution in [3.05, 3.63) is 35.7 Å². The number of amides is 1. The molecule has 1 amide bonds. The summed E-state index contributed by atoms with van der Waals surface area (Å²) < 4.78 is 7.14. The van der Waals surface area contributed by atoms with E-state index in [2.05, 4.69) is 27.6 Å². The van der Waals surface area contributed by atoms with Gasteiger partial charge in [-0.1, -0.05) is 19.1 Å². The van der Waals surface area contributed by atoms with Crippen molar-refractivity contribution < 1.29 is 9.53 Å². The van der Waals surface area contributed by atoms with Crippen LogP contribution in [-0.4, -0.2) is 40.4 Å². The molecule has 0 atom stereocenters. The first-order valence-corrected chi connectivity index (χ1v) is 8.79. The lowest BCUT2D eigenvalue weighted by atomic mass is 9.98. The summed E-state index contributed by atoms with van der Waals surface area (Å²) in [6, 6.07) is 7.76. The van der Waals surface area contributed by atoms with Gasteiger partial charge < -0.3 is 10.1 Å². The monoisotopic (exact) mass is 343 g/mol. The van der Waals surface area contributed by atoms with Gasteiger partial charge in [-0.25, -0.2) is 4.68 Å². The van der Waals surface area contributed by atoms with E-state index in [4.69, 9.17) is 4.74 Å². The van der Waals surface area contributed by atoms with Gasteiger partial charge in [-0.2, -0.15) is 10.1 Å². The molecule has 1 saturated heterocycles. The smallest absolute Gasteiger partial charge is 0.264 e. The van der Waals surface area contributed by atoms with Crippen LogP contribution in [0, 0.1) is 0 Å². The normalized spacial score (nSPS) is 15.1. The Morgan fingerprint density at radius 1 is 1.32 bits per heavy atom. The Hall–Kier alpha value is -2.41. The molecule has 1 aromatic heterocycles. The first-order chi connectivity index (χ1) is 12.2. The number of benzene rings is 1. The van der Waals surface area contributed by atoms with Crippen LogP contribution >= 0.6 is 0 Å². The molecule has 2 heterocycles. The van der Waals surface area contributed by atoms with E-state index >= 15 is 0 Å². The average Bonchev–Trinajstić information content (AvgIpc) is 3.01. The highest BCUT2D eigenvalue weighted by molar-refractivity contribution is 5.90. The van der Waals surface area contributed by atoms with Crippen molar-refractivity contribution in [3.8, 4) is 5.75 Å². The van der Waals surface area contributed by atoms with Crippen LogP contribution < -0.4 is 15.4 Å². The van der Waals surface area contributed by atoms with E-state index < -0.39 is 0 Å². The molecule has 0 aliphatic carbocycles. The van der Waals surface area contributed by atoms with E-state index in [0.717, 1.165) is 38.2 Å². The van der Waals surface area contributed by atoms with E-state index in [1.165, 1.54) is 5.56 Å². The molecule has 3 rings (SSSR count). The van der Waals surface area contributed by atoms with E-state index in [1.807, 2.05) is 24.3 Å². The molecule has 2 aromatic rings. The largest absolute Gasteiger partial charge is 0.484 e. The molecule has 0 spiro atoms. The molecular weight excluding hydrogens is 318 g/mol. The highest BCUT2D eigenvalue weighted by Crippen LogP contribution is 2.23. The molecule has 1 aliphatic rings. The number of rotatable bonds is 6. The molecule has 1 aliphatic heterocycles. The SMILES string of the molecule is CCc1ccc(OCC(=O)Nc2nc(C3CCNCC3)nn2C)cc1. The molecule has 1 aromatic carbocycles. The maximum atomic E-state index is 12.1. The lowest BCUT2D eigenvalue weighted by molar-refractivity contribution is -0.118. The van der Waals surface area contributed by atoms with Crippen molar-refractivity contribution in [1.29, 1.82) is 0 Å². The van der Waals surface area contributed by atoms with Crippen molar-refractivity contribution >= 4 is 11.9 Å². The zero-order valence-electron chi connectivity index (χ0n) is 14.8. The van der Waals surface area contributed by atoms with Crippen molar-refractivity contribution in [2.75, 3.05) is 25.0 Å². The summed E-state index contributed by atoms with van der Waals surface area (Å²) in [5.74, 6) is 2.05. The summed E-state index contributed by atoms with van der Waals surface area (Å²) in [5, 5.41) is 10.5. The minimum Gasteiger partial charge on any atom is -0.484 e. The van der Waals surface area contributed by atoms with Crippen molar-refractivity contribution in [2.45, 2.75) is 32.1 Å². The second-order valence-electron chi connectivity index (χ2n) is 6.28. The Kier molecular flexibility index (Phi) is 5.65. The third kappa shape index (κ3) is 4.57. The second-order valence-corrected chi connectivity index (χ2v) is 6.28. The molecular formula is C18H25N5O2. The number of carbonyl (C=O) groups excluding carboxylic acids is 1. The van der Waals surface area contributed by atoms with Crippen molar-refractivity contribution in [3.63, 3.8) is 0 Å². The molecule has 134 valence electrons. The quantitative estimate of drug-likeness (QED) is 0.837. The minimum atomic E-state index is -0.244. The van der Waals surface area contributed by atoms with Gasteiger partial charge in [0.05, 0.1) is 0 Å². The molecule has 7 nitrogen and oxygen atoms in total. The number of aromatic nitrogens is 3. The summed E-state index contributed by atoms with van der Waals surface area (Å²) in [7, 11) is 1.79. The third-order valence-corrected chi connectivity index (χ3v) is 4.44. The van der Waals surface area contributed by atoms with E-state index in [-0.39, 0.29) is 12.5 Å². The maximum Gasteiger partial charge on any atom is 0.264 e. The predicted octanol–water partition coefficient (Wildman–Crippen LogP) is 1.86. The number of hydrogen-bond acceptors (Lipinski definition) is 5. The topological polar surface area (TPSA) is 81.1 Å². The maximum absolute atomic E-state index is 12.1. The van der Waals surface area contributed by atoms with Gasteiger partial charge in [0.2, 0.25) is 5.95 Å². The van der Waals surface area contributed by atoms with Gasteiger partial charge in [0, 0.05) is 13.0 Å². The number of aryl methyl sites for hydroxylation is 2. The van der Waals surface area contributed by atoms with E-state index in [9.17, 15) is 4.79 Å². The molecule has 0 saturated carbocycles. The van der Waals surface area contributed by atoms with E-state index in [1.54, 1.807) is 11.7 Å². The number of piperidine rings is 1. The van der Waals surface area contributed by atoms with E-state index in [0.29, 0.717) is 17.6 Å². The van der Waals surface area contributed by atoms with Gasteiger partial charge in [-0.15, -0.1) is 0 Å². The Balaban J connectivity index is 1.54. The molecule has 0 unspecified atom stereocenters. The molecule has 0 bridgehead atoms. The van der Waals surface area contributed by atoms with Crippen LogP contribution in [0.25, 0.3) is 0 Å². The number of nitrogens with zero attached hydrogens (tertiary/aromatic N) is 3. The predicted molar refractivity (Wildman–Crippen MR) is 95.8 cm³/mol. The molecule has 1 fully saturated rings. The van der Waals surface area contributed by atoms with Crippen LogP contribution in [0.5, 0.6) is 5.75 Å². The van der Waals surface area contributed by atoms with Gasteiger partial charge >= 0.3 is 0 Å². The van der Waals surface area contributed by atoms with Gasteiger partial charge in [0.15, 0.2) is 12.4 Å². The molecule has 2 N–H and O–H groups in total. The zero-order chi connectivity index (χ0) is 17.6. The summed E-state index contributed by atoms with van der Waals surface area (Å²) in [5.41, 5.74) is 1.24. The van der Waals surface area contributed by atoms with Crippen LogP contribution in [0.3, 0.4) is 0 Å². The average molecular weight is 343 g/mol. The summed E-state index contributed by atoms with van der Waals surface area (Å²) in [6.45, 7) is 4.01. The number of anilines is 1. The van der Waals surface area contributed by atoms with Gasteiger partial charge in [0.25, 0.3) is 5.91 Å².